The number of hydrogen-bond donors (Lipinski definition) is 0. The van der Waals surface area contributed by atoms with Crippen LogP contribution in [0.25, 0.3) is 0 Å². The number of hydrogen-bond acceptors (Lipinski definition) is 4. The van der Waals surface area contributed by atoms with Crippen LogP contribution < -0.4 is 0 Å². The van der Waals surface area contributed by atoms with E-state index in [0.29, 0.717) is 11.3 Å². The van der Waals surface area contributed by atoms with Crippen molar-refractivity contribution < 1.29 is 17.9 Å². The molecule has 18 heavy (non-hydrogen) atoms. The number of carbonyl (C=O) groups excluding carboxylic acids is 1. The average molecular weight is 267 g/mol. The molecule has 0 saturated heterocycles. The Labute approximate surface area is 106 Å². The third-order valence-electron chi connectivity index (χ3n) is 2.73. The molecule has 0 saturated carbocycles. The molecule has 6 heteroatoms. The van der Waals surface area contributed by atoms with E-state index in [2.05, 4.69) is 9.13 Å². The summed E-state index contributed by atoms with van der Waals surface area (Å²) in [5.74, 6) is -0.649. The van der Waals surface area contributed by atoms with Crippen LogP contribution in [-0.4, -0.2) is 27.2 Å². The van der Waals surface area contributed by atoms with Crippen molar-refractivity contribution in [2.75, 3.05) is 7.11 Å². The zero-order chi connectivity index (χ0) is 13.5. The Morgan fingerprint density at radius 2 is 2.00 bits per heavy atom. The predicted molar refractivity (Wildman–Crippen MR) is 66.3 cm³/mol. The van der Waals surface area contributed by atoms with Gasteiger partial charge in [0.2, 0.25) is 0 Å². The third kappa shape index (κ3) is 1.82. The van der Waals surface area contributed by atoms with E-state index in [-0.39, 0.29) is 16.4 Å². The van der Waals surface area contributed by atoms with Crippen LogP contribution in [0.15, 0.2) is 27.5 Å². The van der Waals surface area contributed by atoms with Crippen molar-refractivity contribution in [1.82, 2.24) is 0 Å². The van der Waals surface area contributed by atoms with Crippen LogP contribution in [0.4, 0.5) is 0 Å². The van der Waals surface area contributed by atoms with Crippen molar-refractivity contribution >= 4 is 21.7 Å². The van der Waals surface area contributed by atoms with Crippen molar-refractivity contribution in [3.8, 4) is 0 Å². The molecule has 0 aliphatic carbocycles. The molecule has 1 heterocycles. The van der Waals surface area contributed by atoms with Crippen LogP contribution in [0.3, 0.4) is 0 Å². The molecule has 5 nitrogen and oxygen atoms in total. The molecule has 1 aromatic rings. The first-order chi connectivity index (χ1) is 8.38. The molecule has 0 N–H and O–H groups in total. The summed E-state index contributed by atoms with van der Waals surface area (Å²) in [5.41, 5.74) is 1.02. The lowest BCUT2D eigenvalue weighted by molar-refractivity contribution is 0.0600. The highest BCUT2D eigenvalue weighted by Gasteiger charge is 2.34. The molecule has 96 valence electrons. The lowest BCUT2D eigenvalue weighted by atomic mass is 9.95. The lowest BCUT2D eigenvalue weighted by Gasteiger charge is -2.09. The fourth-order valence-corrected chi connectivity index (χ4v) is 3.29. The number of carbonyl (C=O) groups is 1. The zero-order valence-corrected chi connectivity index (χ0v) is 11.1. The summed E-state index contributed by atoms with van der Waals surface area (Å²) in [6.07, 6.45) is 0. The van der Waals surface area contributed by atoms with E-state index in [1.54, 1.807) is 6.07 Å². The molecule has 0 atom stereocenters. The number of benzene rings is 1. The predicted octanol–water partition coefficient (Wildman–Crippen LogP) is 1.62. The Bertz CT molecular complexity index is 644. The van der Waals surface area contributed by atoms with Gasteiger partial charge in [0.15, 0.2) is 0 Å². The largest absolute Gasteiger partial charge is 0.465 e. The van der Waals surface area contributed by atoms with Crippen molar-refractivity contribution in [1.29, 1.82) is 0 Å². The fraction of sp³-hybridized carbons (Fsp3) is 0.333. The van der Waals surface area contributed by atoms with Gasteiger partial charge in [0.1, 0.15) is 0 Å². The SMILES string of the molecule is COC(=O)c1cccc2c1C(C(C)C)=NS2(=O)=O. The number of rotatable bonds is 2. The molecule has 1 aliphatic heterocycles. The summed E-state index contributed by atoms with van der Waals surface area (Å²) < 4.78 is 32.2. The fourth-order valence-electron chi connectivity index (χ4n) is 1.91. The van der Waals surface area contributed by atoms with Crippen molar-refractivity contribution in [3.05, 3.63) is 29.3 Å². The van der Waals surface area contributed by atoms with Gasteiger partial charge >= 0.3 is 5.97 Å². The molecular formula is C12H13NO4S. The van der Waals surface area contributed by atoms with E-state index in [4.69, 9.17) is 0 Å². The first-order valence-electron chi connectivity index (χ1n) is 5.45. The Morgan fingerprint density at radius 3 is 2.56 bits per heavy atom. The Balaban J connectivity index is 2.78. The van der Waals surface area contributed by atoms with Gasteiger partial charge < -0.3 is 4.74 Å². The van der Waals surface area contributed by atoms with Gasteiger partial charge in [-0.1, -0.05) is 19.9 Å². The maximum absolute atomic E-state index is 11.9. The van der Waals surface area contributed by atoms with Gasteiger partial charge in [-0.25, -0.2) is 4.79 Å². The molecular weight excluding hydrogens is 254 g/mol. The molecule has 0 amide bonds. The summed E-state index contributed by atoms with van der Waals surface area (Å²) in [5, 5.41) is 0. The van der Waals surface area contributed by atoms with Crippen molar-refractivity contribution in [3.63, 3.8) is 0 Å². The van der Waals surface area contributed by atoms with Crippen LogP contribution in [0.5, 0.6) is 0 Å². The number of sulfonamides is 1. The second-order valence-electron chi connectivity index (χ2n) is 4.28. The number of methoxy groups -OCH3 is 1. The van der Waals surface area contributed by atoms with Crippen molar-refractivity contribution in [2.45, 2.75) is 18.7 Å². The zero-order valence-electron chi connectivity index (χ0n) is 10.3. The minimum Gasteiger partial charge on any atom is -0.465 e. The normalized spacial score (nSPS) is 16.3. The van der Waals surface area contributed by atoms with Gasteiger partial charge in [-0.15, -0.1) is 0 Å². The number of fused-ring (bicyclic) bond motifs is 1. The van der Waals surface area contributed by atoms with E-state index in [1.807, 2.05) is 13.8 Å². The van der Waals surface area contributed by atoms with Crippen LogP contribution in [-0.2, 0) is 14.8 Å². The van der Waals surface area contributed by atoms with E-state index < -0.39 is 16.0 Å². The van der Waals surface area contributed by atoms with Gasteiger partial charge in [0.25, 0.3) is 10.0 Å². The molecule has 0 radical (unpaired) electrons. The molecule has 0 spiro atoms. The average Bonchev–Trinajstić information content (AvgIpc) is 2.61. The lowest BCUT2D eigenvalue weighted by Crippen LogP contribution is -2.14. The standard InChI is InChI=1S/C12H13NO4S/c1-7(2)11-10-8(12(14)17-3)5-4-6-9(10)18(15,16)13-11/h4-7H,1-3H3. The summed E-state index contributed by atoms with van der Waals surface area (Å²) in [6, 6.07) is 4.51. The topological polar surface area (TPSA) is 72.8 Å². The smallest absolute Gasteiger partial charge is 0.338 e. The summed E-state index contributed by atoms with van der Waals surface area (Å²) in [4.78, 5) is 11.8. The quantitative estimate of drug-likeness (QED) is 0.763. The van der Waals surface area contributed by atoms with Crippen molar-refractivity contribution in [2.24, 2.45) is 10.3 Å². The van der Waals surface area contributed by atoms with Crippen LogP contribution in [0.1, 0.15) is 29.8 Å². The number of esters is 1. The molecule has 2 rings (SSSR count). The minimum absolute atomic E-state index is 0.0779. The van der Waals surface area contributed by atoms with Gasteiger partial charge in [-0.2, -0.15) is 12.8 Å². The second-order valence-corrected chi connectivity index (χ2v) is 5.85. The summed E-state index contributed by atoms with van der Waals surface area (Å²) in [7, 11) is -2.42. The van der Waals surface area contributed by atoms with Gasteiger partial charge in [-0.3, -0.25) is 0 Å². The highest BCUT2D eigenvalue weighted by Crippen LogP contribution is 2.32. The number of nitrogens with zero attached hydrogens (tertiary/aromatic N) is 1. The third-order valence-corrected chi connectivity index (χ3v) is 4.06. The highest BCUT2D eigenvalue weighted by atomic mass is 32.2. The van der Waals surface area contributed by atoms with E-state index in [0.717, 1.165) is 0 Å². The monoisotopic (exact) mass is 267 g/mol. The first-order valence-corrected chi connectivity index (χ1v) is 6.89. The summed E-state index contributed by atoms with van der Waals surface area (Å²) in [6.45, 7) is 3.66. The Kier molecular flexibility index (Phi) is 2.98. The molecule has 0 bridgehead atoms. The highest BCUT2D eigenvalue weighted by molar-refractivity contribution is 7.90. The second kappa shape index (κ2) is 4.20. The van der Waals surface area contributed by atoms with Crippen LogP contribution >= 0.6 is 0 Å². The molecule has 0 aromatic heterocycles. The molecule has 1 aliphatic rings. The minimum atomic E-state index is -3.68. The molecule has 0 fully saturated rings. The molecule has 0 unspecified atom stereocenters. The van der Waals surface area contributed by atoms with Gasteiger partial charge in [0, 0.05) is 5.56 Å². The maximum Gasteiger partial charge on any atom is 0.338 e. The molecule has 1 aromatic carbocycles. The van der Waals surface area contributed by atoms with Gasteiger partial charge in [-0.05, 0) is 18.1 Å². The van der Waals surface area contributed by atoms with E-state index in [9.17, 15) is 13.2 Å². The Morgan fingerprint density at radius 1 is 1.33 bits per heavy atom. The first kappa shape index (κ1) is 12.8. The summed E-state index contributed by atoms with van der Waals surface area (Å²) >= 11 is 0. The maximum atomic E-state index is 11.9. The van der Waals surface area contributed by atoms with Crippen LogP contribution in [0, 0.1) is 5.92 Å². The Hall–Kier alpha value is -1.69. The van der Waals surface area contributed by atoms with E-state index in [1.165, 1.54) is 19.2 Å². The van der Waals surface area contributed by atoms with E-state index >= 15 is 0 Å². The number of ether oxygens (including phenoxy) is 1. The van der Waals surface area contributed by atoms with Crippen LogP contribution in [0.2, 0.25) is 0 Å². The van der Waals surface area contributed by atoms with Gasteiger partial charge in [0.05, 0.1) is 23.3 Å².